The molecule has 0 bridgehead atoms. The molecule has 1 aliphatic heterocycles. The minimum Gasteiger partial charge on any atom is -0.271 e. The number of anilines is 2. The molecule has 1 atom stereocenters. The predicted octanol–water partition coefficient (Wildman–Crippen LogP) is 5.97. The van der Waals surface area contributed by atoms with Crippen molar-refractivity contribution in [2.45, 2.75) is 13.0 Å². The molecule has 1 heterocycles. The van der Waals surface area contributed by atoms with Crippen molar-refractivity contribution >= 4 is 57.0 Å². The summed E-state index contributed by atoms with van der Waals surface area (Å²) in [6, 6.07) is 28.5. The number of hydrogen-bond acceptors (Lipinski definition) is 5. The SMILES string of the molecule is Cc1cccc(N=N[C@@H]2C(=O)N(c3ccccc3)C(=S)N(c3ccc4ccccc4c3)C2=O)c1. The van der Waals surface area contributed by atoms with E-state index in [4.69, 9.17) is 12.2 Å². The second-order valence-corrected chi connectivity index (χ2v) is 8.32. The van der Waals surface area contributed by atoms with Gasteiger partial charge in [0.15, 0.2) is 5.11 Å². The maximum Gasteiger partial charge on any atom is 0.269 e. The zero-order chi connectivity index (χ0) is 23.7. The standard InChI is InChI=1S/C27H20N4O2S/c1-18-8-7-11-21(16-18)28-29-24-25(32)30(22-12-3-2-4-13-22)27(34)31(26(24)33)23-15-14-19-9-5-6-10-20(19)17-23/h2-17,24H,1H3/t24-/m1/s1. The number of benzene rings is 4. The van der Waals surface area contributed by atoms with E-state index in [9.17, 15) is 9.59 Å². The van der Waals surface area contributed by atoms with Gasteiger partial charge in [0.2, 0.25) is 6.04 Å². The normalized spacial score (nSPS) is 16.6. The summed E-state index contributed by atoms with van der Waals surface area (Å²) in [6.45, 7) is 1.94. The van der Waals surface area contributed by atoms with E-state index >= 15 is 0 Å². The van der Waals surface area contributed by atoms with Gasteiger partial charge in [0, 0.05) is 0 Å². The van der Waals surface area contributed by atoms with Gasteiger partial charge in [0.05, 0.1) is 17.1 Å². The van der Waals surface area contributed by atoms with Crippen molar-refractivity contribution in [2.75, 3.05) is 9.80 Å². The van der Waals surface area contributed by atoms with Crippen molar-refractivity contribution in [1.82, 2.24) is 0 Å². The summed E-state index contributed by atoms with van der Waals surface area (Å²) in [7, 11) is 0. The number of carbonyl (C=O) groups is 2. The summed E-state index contributed by atoms with van der Waals surface area (Å²) in [6.07, 6.45) is 0. The van der Waals surface area contributed by atoms with Gasteiger partial charge in [-0.25, -0.2) is 0 Å². The largest absolute Gasteiger partial charge is 0.271 e. The fourth-order valence-electron chi connectivity index (χ4n) is 3.92. The van der Waals surface area contributed by atoms with E-state index in [0.29, 0.717) is 17.1 Å². The maximum atomic E-state index is 13.6. The van der Waals surface area contributed by atoms with Crippen molar-refractivity contribution in [1.29, 1.82) is 0 Å². The van der Waals surface area contributed by atoms with Crippen LogP contribution in [0, 0.1) is 6.92 Å². The van der Waals surface area contributed by atoms with Crippen LogP contribution >= 0.6 is 12.2 Å². The Morgan fingerprint density at radius 1 is 0.706 bits per heavy atom. The highest BCUT2D eigenvalue weighted by molar-refractivity contribution is 7.81. The summed E-state index contributed by atoms with van der Waals surface area (Å²) in [5.41, 5.74) is 2.70. The Morgan fingerprint density at radius 3 is 2.12 bits per heavy atom. The van der Waals surface area contributed by atoms with Crippen LogP contribution in [0.1, 0.15) is 5.56 Å². The smallest absolute Gasteiger partial charge is 0.269 e. The highest BCUT2D eigenvalue weighted by Crippen LogP contribution is 2.30. The van der Waals surface area contributed by atoms with Crippen LogP contribution in [0.25, 0.3) is 10.8 Å². The van der Waals surface area contributed by atoms with Crippen LogP contribution in [0.5, 0.6) is 0 Å². The number of amides is 2. The Morgan fingerprint density at radius 2 is 1.38 bits per heavy atom. The van der Waals surface area contributed by atoms with Crippen molar-refractivity contribution in [3.05, 3.63) is 103 Å². The quantitative estimate of drug-likeness (QED) is 0.212. The van der Waals surface area contributed by atoms with E-state index in [-0.39, 0.29) is 5.11 Å². The molecule has 4 aromatic carbocycles. The number of azo groups is 1. The van der Waals surface area contributed by atoms with Crippen LogP contribution in [0.4, 0.5) is 17.1 Å². The van der Waals surface area contributed by atoms with Crippen LogP contribution in [-0.4, -0.2) is 23.0 Å². The number of carbonyl (C=O) groups excluding carboxylic acids is 2. The third kappa shape index (κ3) is 3.97. The van der Waals surface area contributed by atoms with Crippen LogP contribution in [0.3, 0.4) is 0 Å². The van der Waals surface area contributed by atoms with Crippen molar-refractivity contribution < 1.29 is 9.59 Å². The van der Waals surface area contributed by atoms with Gasteiger partial charge in [-0.1, -0.05) is 60.7 Å². The Hall–Kier alpha value is -4.23. The van der Waals surface area contributed by atoms with Gasteiger partial charge in [0.1, 0.15) is 0 Å². The molecule has 0 unspecified atom stereocenters. The molecule has 0 saturated carbocycles. The Kier molecular flexibility index (Phi) is 5.69. The fraction of sp³-hybridized carbons (Fsp3) is 0.0741. The molecule has 4 aromatic rings. The lowest BCUT2D eigenvalue weighted by molar-refractivity contribution is -0.128. The molecule has 5 rings (SSSR count). The van der Waals surface area contributed by atoms with E-state index in [1.807, 2.05) is 85.8 Å². The number of thiocarbonyl (C=S) groups is 1. The Balaban J connectivity index is 1.60. The topological polar surface area (TPSA) is 65.3 Å². The predicted molar refractivity (Wildman–Crippen MR) is 137 cm³/mol. The molecule has 0 radical (unpaired) electrons. The van der Waals surface area contributed by atoms with Crippen molar-refractivity contribution in [2.24, 2.45) is 10.2 Å². The van der Waals surface area contributed by atoms with Gasteiger partial charge in [-0.3, -0.25) is 19.4 Å². The summed E-state index contributed by atoms with van der Waals surface area (Å²) in [5.74, 6) is -1.07. The monoisotopic (exact) mass is 464 g/mol. The molecule has 1 fully saturated rings. The molecular weight excluding hydrogens is 444 g/mol. The second kappa shape index (κ2) is 8.96. The minimum atomic E-state index is -1.36. The summed E-state index contributed by atoms with van der Waals surface area (Å²) in [4.78, 5) is 29.8. The van der Waals surface area contributed by atoms with Gasteiger partial charge >= 0.3 is 0 Å². The lowest BCUT2D eigenvalue weighted by Gasteiger charge is -2.37. The number of nitrogens with zero attached hydrogens (tertiary/aromatic N) is 4. The molecule has 1 saturated heterocycles. The van der Waals surface area contributed by atoms with Gasteiger partial charge in [-0.05, 0) is 71.9 Å². The lowest BCUT2D eigenvalue weighted by Crippen LogP contribution is -2.62. The Bertz CT molecular complexity index is 1450. The van der Waals surface area contributed by atoms with E-state index in [1.165, 1.54) is 9.80 Å². The van der Waals surface area contributed by atoms with Crippen molar-refractivity contribution in [3.8, 4) is 0 Å². The molecule has 6 nitrogen and oxygen atoms in total. The zero-order valence-corrected chi connectivity index (χ0v) is 19.1. The molecular formula is C27H20N4O2S. The Labute approximate surface area is 202 Å². The molecule has 7 heteroatoms. The van der Waals surface area contributed by atoms with Gasteiger partial charge in [-0.2, -0.15) is 10.2 Å². The van der Waals surface area contributed by atoms with Crippen molar-refractivity contribution in [3.63, 3.8) is 0 Å². The van der Waals surface area contributed by atoms with E-state index in [2.05, 4.69) is 10.2 Å². The number of hydrogen-bond donors (Lipinski definition) is 0. The average molecular weight is 465 g/mol. The average Bonchev–Trinajstić information content (AvgIpc) is 2.84. The summed E-state index contributed by atoms with van der Waals surface area (Å²) >= 11 is 5.68. The lowest BCUT2D eigenvalue weighted by atomic mass is 10.1. The summed E-state index contributed by atoms with van der Waals surface area (Å²) < 4.78 is 0. The molecule has 0 aliphatic carbocycles. The van der Waals surface area contributed by atoms with Crippen LogP contribution in [-0.2, 0) is 9.59 Å². The van der Waals surface area contributed by atoms with Crippen LogP contribution in [0.2, 0.25) is 0 Å². The van der Waals surface area contributed by atoms with Gasteiger partial charge in [0.25, 0.3) is 11.8 Å². The third-order valence-electron chi connectivity index (χ3n) is 5.59. The first-order valence-corrected chi connectivity index (χ1v) is 11.2. The number of aryl methyl sites for hydroxylation is 1. The van der Waals surface area contributed by atoms with Crippen LogP contribution < -0.4 is 9.80 Å². The molecule has 166 valence electrons. The molecule has 0 spiro atoms. The minimum absolute atomic E-state index is 0.0819. The first-order chi connectivity index (χ1) is 16.5. The number of rotatable bonds is 4. The number of fused-ring (bicyclic) bond motifs is 1. The molecule has 0 N–H and O–H groups in total. The van der Waals surface area contributed by atoms with Gasteiger partial charge < -0.3 is 0 Å². The molecule has 1 aliphatic rings. The highest BCUT2D eigenvalue weighted by atomic mass is 32.1. The number of para-hydroxylation sites is 1. The second-order valence-electron chi connectivity index (χ2n) is 7.95. The highest BCUT2D eigenvalue weighted by Gasteiger charge is 2.45. The molecule has 2 amide bonds. The zero-order valence-electron chi connectivity index (χ0n) is 18.3. The molecule has 34 heavy (non-hydrogen) atoms. The molecule has 0 aromatic heterocycles. The first kappa shape index (κ1) is 21.6. The first-order valence-electron chi connectivity index (χ1n) is 10.8. The van der Waals surface area contributed by atoms with Crippen LogP contribution in [0.15, 0.2) is 107 Å². The summed E-state index contributed by atoms with van der Waals surface area (Å²) in [5, 5.41) is 10.5. The third-order valence-corrected chi connectivity index (χ3v) is 5.95. The van der Waals surface area contributed by atoms with E-state index in [1.54, 1.807) is 18.2 Å². The van der Waals surface area contributed by atoms with E-state index < -0.39 is 17.9 Å². The van der Waals surface area contributed by atoms with E-state index in [0.717, 1.165) is 16.3 Å². The fourth-order valence-corrected chi connectivity index (χ4v) is 4.31. The maximum absolute atomic E-state index is 13.6. The van der Waals surface area contributed by atoms with Gasteiger partial charge in [-0.15, -0.1) is 0 Å².